The summed E-state index contributed by atoms with van der Waals surface area (Å²) in [5, 5.41) is 34.0. The highest BCUT2D eigenvalue weighted by Crippen LogP contribution is 2.43. The molecular formula is C25H23FN4O6. The Balaban J connectivity index is 1.70. The largest absolute Gasteiger partial charge is 0.386 e. The molecule has 1 unspecified atom stereocenters. The molecule has 0 fully saturated rings. The molecule has 0 saturated carbocycles. The first kappa shape index (κ1) is 23.1. The first-order valence-electron chi connectivity index (χ1n) is 11.5. The van der Waals surface area contributed by atoms with Crippen LogP contribution in [0.4, 0.5) is 4.39 Å². The van der Waals surface area contributed by atoms with E-state index in [1.165, 1.54) is 17.7 Å². The van der Waals surface area contributed by atoms with Crippen LogP contribution >= 0.6 is 0 Å². The summed E-state index contributed by atoms with van der Waals surface area (Å²) in [6.07, 6.45) is -0.793. The first-order chi connectivity index (χ1) is 17.2. The van der Waals surface area contributed by atoms with Gasteiger partial charge in [-0.3, -0.25) is 14.9 Å². The highest BCUT2D eigenvalue weighted by molar-refractivity contribution is 6.18. The second-order valence-corrected chi connectivity index (χ2v) is 9.27. The molecule has 10 nitrogen and oxygen atoms in total. The summed E-state index contributed by atoms with van der Waals surface area (Å²) in [5.74, 6) is -1.10. The lowest BCUT2D eigenvalue weighted by Gasteiger charge is -2.37. The van der Waals surface area contributed by atoms with Crippen LogP contribution in [-0.4, -0.2) is 56.4 Å². The Morgan fingerprint density at radius 1 is 1.33 bits per heavy atom. The third kappa shape index (κ3) is 2.95. The van der Waals surface area contributed by atoms with Gasteiger partial charge in [0.05, 0.1) is 41.3 Å². The number of halogens is 1. The van der Waals surface area contributed by atoms with Crippen molar-refractivity contribution in [2.24, 2.45) is 4.99 Å². The average Bonchev–Trinajstić information content (AvgIpc) is 3.24. The number of amides is 1. The van der Waals surface area contributed by atoms with E-state index in [1.807, 2.05) is 0 Å². The van der Waals surface area contributed by atoms with Gasteiger partial charge < -0.3 is 24.6 Å². The number of hydrogen-bond donors (Lipinski definition) is 4. The van der Waals surface area contributed by atoms with E-state index in [1.54, 1.807) is 13.0 Å². The molecular weight excluding hydrogens is 471 g/mol. The Morgan fingerprint density at radius 3 is 2.83 bits per heavy atom. The molecule has 1 aromatic carbocycles. The lowest BCUT2D eigenvalue weighted by atomic mass is 9.83. The Labute approximate surface area is 203 Å². The molecule has 186 valence electrons. The third-order valence-corrected chi connectivity index (χ3v) is 7.49. The molecule has 2 aromatic heterocycles. The molecule has 0 spiro atoms. The normalized spacial score (nSPS) is 23.1. The average molecular weight is 494 g/mol. The second-order valence-electron chi connectivity index (χ2n) is 9.27. The number of pyridine rings is 2. The SMILES string of the molecule is CN[C@]1(O)c2cc3n(c(=O)c2COC1O)Cc1c-3nc2cc(F)c(C)c3c2c1C(=NC(=O)CO)CC3. The van der Waals surface area contributed by atoms with Gasteiger partial charge in [0, 0.05) is 28.1 Å². The number of ether oxygens (including phenoxy) is 1. The molecule has 3 aromatic rings. The summed E-state index contributed by atoms with van der Waals surface area (Å²) < 4.78 is 21.6. The predicted octanol–water partition coefficient (Wildman–Crippen LogP) is 0.340. The maximum absolute atomic E-state index is 14.8. The molecule has 1 amide bonds. The van der Waals surface area contributed by atoms with Crippen molar-refractivity contribution in [2.75, 3.05) is 13.7 Å². The number of aromatic nitrogens is 2. The number of aliphatic hydroxyl groups excluding tert-OH is 2. The van der Waals surface area contributed by atoms with Crippen LogP contribution in [-0.2, 0) is 34.8 Å². The molecule has 2 atom stereocenters. The number of aliphatic hydroxyl groups is 3. The zero-order valence-electron chi connectivity index (χ0n) is 19.6. The number of aryl methyl sites for hydroxylation is 1. The monoisotopic (exact) mass is 494 g/mol. The Kier molecular flexibility index (Phi) is 5.01. The Hall–Kier alpha value is -3.35. The fourth-order valence-corrected chi connectivity index (χ4v) is 5.63. The van der Waals surface area contributed by atoms with Crippen molar-refractivity contribution in [1.29, 1.82) is 0 Å². The van der Waals surface area contributed by atoms with Crippen LogP contribution in [0, 0.1) is 12.7 Å². The molecule has 0 saturated heterocycles. The summed E-state index contributed by atoms with van der Waals surface area (Å²) in [5.41, 5.74) is 2.04. The van der Waals surface area contributed by atoms with Crippen LogP contribution < -0.4 is 10.9 Å². The van der Waals surface area contributed by atoms with E-state index in [9.17, 15) is 29.3 Å². The van der Waals surface area contributed by atoms with Crippen molar-refractivity contribution >= 4 is 22.5 Å². The maximum atomic E-state index is 14.8. The number of carbonyl (C=O) groups is 1. The molecule has 11 heteroatoms. The third-order valence-electron chi connectivity index (χ3n) is 7.49. The number of rotatable bonds is 2. The lowest BCUT2D eigenvalue weighted by molar-refractivity contribution is -0.246. The molecule has 0 radical (unpaired) electrons. The van der Waals surface area contributed by atoms with E-state index < -0.39 is 35.9 Å². The topological polar surface area (TPSA) is 146 Å². The molecule has 4 heterocycles. The van der Waals surface area contributed by atoms with Crippen LogP contribution in [0.5, 0.6) is 0 Å². The van der Waals surface area contributed by atoms with Gasteiger partial charge in [0.1, 0.15) is 12.4 Å². The van der Waals surface area contributed by atoms with Crippen LogP contribution in [0.2, 0.25) is 0 Å². The minimum absolute atomic E-state index is 0.123. The number of carbonyl (C=O) groups excluding carboxylic acids is 1. The number of nitrogens with one attached hydrogen (secondary N) is 1. The molecule has 36 heavy (non-hydrogen) atoms. The second kappa shape index (κ2) is 7.82. The number of fused-ring (bicyclic) bond motifs is 5. The Morgan fingerprint density at radius 2 is 2.11 bits per heavy atom. The summed E-state index contributed by atoms with van der Waals surface area (Å²) in [7, 11) is 1.43. The van der Waals surface area contributed by atoms with Crippen LogP contribution in [0.25, 0.3) is 22.3 Å². The van der Waals surface area contributed by atoms with Gasteiger partial charge in [0.2, 0.25) is 6.29 Å². The Bertz CT molecular complexity index is 1600. The number of likely N-dealkylation sites (N-methyl/N-ethyl adjacent to an activating group) is 1. The van der Waals surface area contributed by atoms with Gasteiger partial charge in [-0.15, -0.1) is 0 Å². The predicted molar refractivity (Wildman–Crippen MR) is 126 cm³/mol. The minimum atomic E-state index is -2.02. The van der Waals surface area contributed by atoms with Gasteiger partial charge in [-0.05, 0) is 44.0 Å². The van der Waals surface area contributed by atoms with Gasteiger partial charge >= 0.3 is 0 Å². The molecule has 3 aliphatic rings. The number of benzene rings is 1. The van der Waals surface area contributed by atoms with E-state index in [2.05, 4.69) is 10.3 Å². The summed E-state index contributed by atoms with van der Waals surface area (Å²) in [6.45, 7) is 0.883. The number of hydrogen-bond acceptors (Lipinski definition) is 8. The van der Waals surface area contributed by atoms with Gasteiger partial charge in [0.15, 0.2) is 5.72 Å². The minimum Gasteiger partial charge on any atom is -0.386 e. The van der Waals surface area contributed by atoms with Crippen LogP contribution in [0.15, 0.2) is 21.9 Å². The van der Waals surface area contributed by atoms with E-state index in [0.717, 1.165) is 5.56 Å². The molecule has 6 rings (SSSR count). The van der Waals surface area contributed by atoms with Crippen molar-refractivity contribution in [3.63, 3.8) is 0 Å². The van der Waals surface area contributed by atoms with E-state index in [-0.39, 0.29) is 24.3 Å². The summed E-state index contributed by atoms with van der Waals surface area (Å²) in [6, 6.07) is 2.91. The summed E-state index contributed by atoms with van der Waals surface area (Å²) >= 11 is 0. The molecule has 2 aliphatic heterocycles. The van der Waals surface area contributed by atoms with Gasteiger partial charge in [-0.25, -0.2) is 14.4 Å². The quantitative estimate of drug-likeness (QED) is 0.292. The maximum Gasteiger partial charge on any atom is 0.271 e. The smallest absolute Gasteiger partial charge is 0.271 e. The molecule has 1 aliphatic carbocycles. The number of nitrogens with zero attached hydrogens (tertiary/aromatic N) is 3. The van der Waals surface area contributed by atoms with Gasteiger partial charge in [-0.2, -0.15) is 0 Å². The highest BCUT2D eigenvalue weighted by Gasteiger charge is 2.45. The van der Waals surface area contributed by atoms with E-state index >= 15 is 0 Å². The van der Waals surface area contributed by atoms with Crippen molar-refractivity contribution in [2.45, 2.75) is 44.9 Å². The zero-order valence-corrected chi connectivity index (χ0v) is 19.6. The van der Waals surface area contributed by atoms with Crippen molar-refractivity contribution < 1.29 is 29.2 Å². The first-order valence-corrected chi connectivity index (χ1v) is 11.5. The number of aliphatic imine (C=N–C) groups is 1. The fraction of sp³-hybridized carbons (Fsp3) is 0.360. The van der Waals surface area contributed by atoms with Gasteiger partial charge in [0.25, 0.3) is 11.5 Å². The molecule has 4 N–H and O–H groups in total. The molecule has 0 bridgehead atoms. The lowest BCUT2D eigenvalue weighted by Crippen LogP contribution is -2.55. The van der Waals surface area contributed by atoms with E-state index in [0.29, 0.717) is 57.5 Å². The standard InChI is InChI=1S/C25H23FN4O6/c1-10-11-3-4-16(28-19(32)8-31)21-12-7-30-18(22(12)29-17(20(11)21)6-15(10)26)5-14-13(23(30)33)9-36-24(34)25(14,35)27-2/h5-6,24,27,31,34-35H,3-4,7-9H2,1-2H3/t24?,25-/m0/s1. The van der Waals surface area contributed by atoms with Crippen LogP contribution in [0.1, 0.15) is 39.8 Å². The van der Waals surface area contributed by atoms with Crippen molar-refractivity contribution in [3.8, 4) is 11.4 Å². The van der Waals surface area contributed by atoms with Crippen molar-refractivity contribution in [3.05, 3.63) is 61.7 Å². The van der Waals surface area contributed by atoms with Gasteiger partial charge in [-0.1, -0.05) is 0 Å². The van der Waals surface area contributed by atoms with E-state index in [4.69, 9.17) is 9.72 Å². The highest BCUT2D eigenvalue weighted by atomic mass is 19.1. The van der Waals surface area contributed by atoms with Crippen LogP contribution in [0.3, 0.4) is 0 Å². The summed E-state index contributed by atoms with van der Waals surface area (Å²) in [4.78, 5) is 34.5. The van der Waals surface area contributed by atoms with Crippen molar-refractivity contribution in [1.82, 2.24) is 14.9 Å². The zero-order chi connectivity index (χ0) is 25.5. The fourth-order valence-electron chi connectivity index (χ4n) is 5.63.